The Hall–Kier alpha value is -2.75. The maximum Gasteiger partial charge on any atom is 0.216 e. The van der Waals surface area contributed by atoms with E-state index in [0.29, 0.717) is 5.69 Å². The van der Waals surface area contributed by atoms with Crippen LogP contribution in [0.4, 0.5) is 10.1 Å². The Morgan fingerprint density at radius 2 is 2.18 bits per heavy atom. The van der Waals surface area contributed by atoms with Gasteiger partial charge < -0.3 is 5.32 Å². The molecular formula is C10H7FN6. The molecule has 0 fully saturated rings. The highest BCUT2D eigenvalue weighted by molar-refractivity contribution is 5.73. The third-order valence-electron chi connectivity index (χ3n) is 1.93. The molecule has 17 heavy (non-hydrogen) atoms. The number of aromatic nitrogens is 4. The minimum Gasteiger partial charge on any atom is -0.360 e. The van der Waals surface area contributed by atoms with Gasteiger partial charge in [0.1, 0.15) is 17.5 Å². The Morgan fingerprint density at radius 1 is 1.41 bits per heavy atom. The summed E-state index contributed by atoms with van der Waals surface area (Å²) in [4.78, 5) is 0. The number of rotatable bonds is 3. The van der Waals surface area contributed by atoms with Crippen LogP contribution < -0.4 is 5.32 Å². The molecule has 1 aromatic heterocycles. The number of halogens is 1. The minimum absolute atomic E-state index is 0.196. The van der Waals surface area contributed by atoms with Crippen molar-refractivity contribution in [3.8, 4) is 6.07 Å². The highest BCUT2D eigenvalue weighted by Crippen LogP contribution is 2.11. The van der Waals surface area contributed by atoms with Crippen LogP contribution in [0.25, 0.3) is 5.57 Å². The van der Waals surface area contributed by atoms with Crippen molar-refractivity contribution in [3.05, 3.63) is 42.1 Å². The fourth-order valence-electron chi connectivity index (χ4n) is 1.12. The van der Waals surface area contributed by atoms with Crippen molar-refractivity contribution < 1.29 is 4.39 Å². The van der Waals surface area contributed by atoms with E-state index in [-0.39, 0.29) is 17.2 Å². The molecule has 7 heteroatoms. The van der Waals surface area contributed by atoms with Gasteiger partial charge in [-0.3, -0.25) is 0 Å². The molecule has 0 unspecified atom stereocenters. The summed E-state index contributed by atoms with van der Waals surface area (Å²) in [5.74, 6) is -0.125. The lowest BCUT2D eigenvalue weighted by Gasteiger charge is -2.00. The van der Waals surface area contributed by atoms with E-state index in [0.717, 1.165) is 0 Å². The van der Waals surface area contributed by atoms with Crippen molar-refractivity contribution in [1.29, 1.82) is 5.26 Å². The van der Waals surface area contributed by atoms with Crippen molar-refractivity contribution in [3.63, 3.8) is 0 Å². The van der Waals surface area contributed by atoms with Crippen LogP contribution in [-0.4, -0.2) is 20.6 Å². The Labute approximate surface area is 95.8 Å². The summed E-state index contributed by atoms with van der Waals surface area (Å²) in [5.41, 5.74) is 0.880. The van der Waals surface area contributed by atoms with E-state index in [1.54, 1.807) is 12.1 Å². The Bertz CT molecular complexity index is 551. The summed E-state index contributed by atoms with van der Waals surface area (Å²) in [5, 5.41) is 24.7. The molecule has 0 aliphatic heterocycles. The van der Waals surface area contributed by atoms with Crippen LogP contribution in [-0.2, 0) is 0 Å². The number of nitriles is 1. The molecule has 2 rings (SSSR count). The van der Waals surface area contributed by atoms with Gasteiger partial charge in [-0.2, -0.15) is 10.5 Å². The summed E-state index contributed by atoms with van der Waals surface area (Å²) in [7, 11) is 0. The largest absolute Gasteiger partial charge is 0.360 e. The van der Waals surface area contributed by atoms with Crippen LogP contribution >= 0.6 is 0 Å². The molecule has 84 valence electrons. The van der Waals surface area contributed by atoms with E-state index >= 15 is 0 Å². The monoisotopic (exact) mass is 230 g/mol. The number of nitrogens with zero attached hydrogens (tertiary/aromatic N) is 4. The van der Waals surface area contributed by atoms with Crippen molar-refractivity contribution in [2.24, 2.45) is 0 Å². The van der Waals surface area contributed by atoms with Crippen LogP contribution in [0.2, 0.25) is 0 Å². The number of hydrogen-bond donors (Lipinski definition) is 2. The molecule has 0 atom stereocenters. The molecule has 0 spiro atoms. The smallest absolute Gasteiger partial charge is 0.216 e. The van der Waals surface area contributed by atoms with Crippen LogP contribution in [0.3, 0.4) is 0 Å². The number of hydrogen-bond acceptors (Lipinski definition) is 5. The molecule has 0 amide bonds. The summed E-state index contributed by atoms with van der Waals surface area (Å²) in [6, 6.07) is 7.66. The minimum atomic E-state index is -0.321. The van der Waals surface area contributed by atoms with Gasteiger partial charge in [-0.1, -0.05) is 0 Å². The second-order valence-electron chi connectivity index (χ2n) is 3.06. The van der Waals surface area contributed by atoms with E-state index in [9.17, 15) is 4.39 Å². The normalized spacial score (nSPS) is 10.9. The highest BCUT2D eigenvalue weighted by Gasteiger charge is 2.04. The predicted octanol–water partition coefficient (Wildman–Crippen LogP) is 1.32. The van der Waals surface area contributed by atoms with Gasteiger partial charge >= 0.3 is 0 Å². The Kier molecular flexibility index (Phi) is 3.07. The number of benzene rings is 1. The van der Waals surface area contributed by atoms with Crippen molar-refractivity contribution >= 4 is 11.3 Å². The first-order valence-corrected chi connectivity index (χ1v) is 4.66. The second-order valence-corrected chi connectivity index (χ2v) is 3.06. The molecule has 2 N–H and O–H groups in total. The predicted molar refractivity (Wildman–Crippen MR) is 57.8 cm³/mol. The van der Waals surface area contributed by atoms with Crippen LogP contribution in [0.15, 0.2) is 30.5 Å². The molecule has 0 aliphatic rings. The van der Waals surface area contributed by atoms with Gasteiger partial charge in [0.25, 0.3) is 0 Å². The van der Waals surface area contributed by atoms with Crippen molar-refractivity contribution in [1.82, 2.24) is 20.6 Å². The molecule has 2 aromatic rings. The van der Waals surface area contributed by atoms with Gasteiger partial charge in [0.15, 0.2) is 0 Å². The zero-order valence-electron chi connectivity index (χ0n) is 8.55. The molecule has 1 aromatic carbocycles. The average Bonchev–Trinajstić information content (AvgIpc) is 2.86. The molecule has 6 nitrogen and oxygen atoms in total. The molecule has 0 aliphatic carbocycles. The standard InChI is InChI=1S/C10H7FN6/c11-8-1-3-9(4-2-8)13-6-7(5-12)10-14-16-17-15-10/h1-4,6,13H,(H,14,15,16,17). The molecular weight excluding hydrogens is 223 g/mol. The Morgan fingerprint density at radius 3 is 2.76 bits per heavy atom. The second kappa shape index (κ2) is 4.85. The average molecular weight is 230 g/mol. The lowest BCUT2D eigenvalue weighted by molar-refractivity contribution is 0.628. The molecule has 1 heterocycles. The fourth-order valence-corrected chi connectivity index (χ4v) is 1.12. The fraction of sp³-hybridized carbons (Fsp3) is 0. The third-order valence-corrected chi connectivity index (χ3v) is 1.93. The molecule has 0 saturated heterocycles. The molecule has 0 radical (unpaired) electrons. The van der Waals surface area contributed by atoms with Gasteiger partial charge in [-0.05, 0) is 29.5 Å². The summed E-state index contributed by atoms with van der Waals surface area (Å²) in [6.07, 6.45) is 1.43. The van der Waals surface area contributed by atoms with E-state index in [1.165, 1.54) is 18.3 Å². The third kappa shape index (κ3) is 2.63. The zero-order valence-corrected chi connectivity index (χ0v) is 8.55. The van der Waals surface area contributed by atoms with Crippen molar-refractivity contribution in [2.45, 2.75) is 0 Å². The van der Waals surface area contributed by atoms with E-state index in [4.69, 9.17) is 5.26 Å². The molecule has 0 bridgehead atoms. The first-order valence-electron chi connectivity index (χ1n) is 4.66. The summed E-state index contributed by atoms with van der Waals surface area (Å²) < 4.78 is 12.6. The van der Waals surface area contributed by atoms with Gasteiger partial charge in [0.05, 0.1) is 0 Å². The van der Waals surface area contributed by atoms with Crippen molar-refractivity contribution in [2.75, 3.05) is 5.32 Å². The number of allylic oxidation sites excluding steroid dienone is 1. The maximum absolute atomic E-state index is 12.6. The van der Waals surface area contributed by atoms with Gasteiger partial charge in [-0.15, -0.1) is 10.2 Å². The molecule has 0 saturated carbocycles. The van der Waals surface area contributed by atoms with Crippen LogP contribution in [0.1, 0.15) is 5.82 Å². The number of aromatic amines is 1. The van der Waals surface area contributed by atoms with E-state index in [1.807, 2.05) is 6.07 Å². The lowest BCUT2D eigenvalue weighted by Crippen LogP contribution is -1.92. The number of nitrogens with one attached hydrogen (secondary N) is 2. The zero-order chi connectivity index (χ0) is 12.1. The van der Waals surface area contributed by atoms with Gasteiger partial charge in [0.2, 0.25) is 5.82 Å². The first kappa shape index (κ1) is 10.8. The quantitative estimate of drug-likeness (QED) is 0.776. The first-order chi connectivity index (χ1) is 8.29. The van der Waals surface area contributed by atoms with Gasteiger partial charge in [-0.25, -0.2) is 4.39 Å². The SMILES string of the molecule is N#CC(=CNc1ccc(F)cc1)c1nn[nH]n1. The topological polar surface area (TPSA) is 90.3 Å². The van der Waals surface area contributed by atoms with E-state index in [2.05, 4.69) is 25.9 Å². The van der Waals surface area contributed by atoms with Crippen LogP contribution in [0, 0.1) is 17.1 Å². The number of H-pyrrole nitrogens is 1. The number of anilines is 1. The lowest BCUT2D eigenvalue weighted by atomic mass is 10.3. The summed E-state index contributed by atoms with van der Waals surface area (Å²) in [6.45, 7) is 0. The van der Waals surface area contributed by atoms with E-state index < -0.39 is 0 Å². The van der Waals surface area contributed by atoms with Gasteiger partial charge in [0, 0.05) is 11.9 Å². The highest BCUT2D eigenvalue weighted by atomic mass is 19.1. The number of tetrazole rings is 1. The maximum atomic E-state index is 12.6. The summed E-state index contributed by atoms with van der Waals surface area (Å²) >= 11 is 0. The Balaban J connectivity index is 2.14. The van der Waals surface area contributed by atoms with Crippen LogP contribution in [0.5, 0.6) is 0 Å².